The maximum Gasteiger partial charge on any atom is 0.263 e. The summed E-state index contributed by atoms with van der Waals surface area (Å²) in [6.07, 6.45) is 0. The number of ether oxygens (including phenoxy) is 1. The van der Waals surface area contributed by atoms with E-state index in [9.17, 15) is 13.2 Å². The number of carbonyl (C=O) groups excluding carboxylic acids is 1. The number of halogens is 2. The zero-order valence-corrected chi connectivity index (χ0v) is 16.0. The highest BCUT2D eigenvalue weighted by molar-refractivity contribution is 7.92. The lowest BCUT2D eigenvalue weighted by Gasteiger charge is -2.13. The third kappa shape index (κ3) is 4.18. The molecule has 2 aromatic rings. The van der Waals surface area contributed by atoms with Crippen LogP contribution in [-0.4, -0.2) is 40.4 Å². The maximum atomic E-state index is 12.5. The molecule has 0 saturated carbocycles. The van der Waals surface area contributed by atoms with Crippen LogP contribution in [-0.2, 0) is 10.0 Å². The average molecular weight is 403 g/mol. The van der Waals surface area contributed by atoms with Crippen LogP contribution in [0.2, 0.25) is 10.0 Å². The minimum Gasteiger partial charge on any atom is -0.495 e. The van der Waals surface area contributed by atoms with Crippen LogP contribution in [0.3, 0.4) is 0 Å². The SMILES string of the molecule is COc1ccc(S(=O)(=O)Nc2ccc(C(=O)N(C)C)cc2)c(Cl)c1Cl. The van der Waals surface area contributed by atoms with Gasteiger partial charge in [-0.25, -0.2) is 8.42 Å². The summed E-state index contributed by atoms with van der Waals surface area (Å²) in [5.41, 5.74) is 0.733. The lowest BCUT2D eigenvalue weighted by Crippen LogP contribution is -2.21. The molecule has 0 aromatic heterocycles. The molecule has 134 valence electrons. The van der Waals surface area contributed by atoms with Gasteiger partial charge < -0.3 is 9.64 Å². The predicted molar refractivity (Wildman–Crippen MR) is 98.3 cm³/mol. The van der Waals surface area contributed by atoms with Crippen molar-refractivity contribution in [3.8, 4) is 5.75 Å². The number of carbonyl (C=O) groups is 1. The van der Waals surface area contributed by atoms with Gasteiger partial charge in [0.25, 0.3) is 15.9 Å². The molecule has 0 fully saturated rings. The summed E-state index contributed by atoms with van der Waals surface area (Å²) in [7, 11) is 0.712. The molecular weight excluding hydrogens is 387 g/mol. The van der Waals surface area contributed by atoms with Crippen LogP contribution in [0.5, 0.6) is 5.75 Å². The second kappa shape index (κ2) is 7.51. The van der Waals surface area contributed by atoms with Crippen LogP contribution < -0.4 is 9.46 Å². The molecule has 1 amide bonds. The van der Waals surface area contributed by atoms with E-state index in [2.05, 4.69) is 4.72 Å². The topological polar surface area (TPSA) is 75.7 Å². The summed E-state index contributed by atoms with van der Waals surface area (Å²) in [6, 6.07) is 8.77. The van der Waals surface area contributed by atoms with Gasteiger partial charge in [-0.3, -0.25) is 9.52 Å². The molecular formula is C16H16Cl2N2O4S. The van der Waals surface area contributed by atoms with Gasteiger partial charge in [-0.1, -0.05) is 23.2 Å². The number of amides is 1. The van der Waals surface area contributed by atoms with Crippen LogP contribution >= 0.6 is 23.2 Å². The maximum absolute atomic E-state index is 12.5. The molecule has 9 heteroatoms. The number of nitrogens with zero attached hydrogens (tertiary/aromatic N) is 1. The van der Waals surface area contributed by atoms with Gasteiger partial charge in [-0.2, -0.15) is 0 Å². The van der Waals surface area contributed by atoms with Crippen molar-refractivity contribution in [3.63, 3.8) is 0 Å². The number of hydrogen-bond acceptors (Lipinski definition) is 4. The van der Waals surface area contributed by atoms with Crippen LogP contribution in [0, 0.1) is 0 Å². The van der Waals surface area contributed by atoms with Crippen LogP contribution in [0.25, 0.3) is 0 Å². The number of methoxy groups -OCH3 is 1. The molecule has 0 spiro atoms. The Balaban J connectivity index is 2.30. The third-order valence-corrected chi connectivity index (χ3v) is 5.71. The molecule has 25 heavy (non-hydrogen) atoms. The molecule has 1 N–H and O–H groups in total. The van der Waals surface area contributed by atoms with E-state index in [1.165, 1.54) is 48.4 Å². The largest absolute Gasteiger partial charge is 0.495 e. The molecule has 2 aromatic carbocycles. The molecule has 0 aliphatic rings. The summed E-state index contributed by atoms with van der Waals surface area (Å²) in [6.45, 7) is 0. The van der Waals surface area contributed by atoms with Crippen molar-refractivity contribution in [1.82, 2.24) is 4.90 Å². The average Bonchev–Trinajstić information content (AvgIpc) is 2.56. The minimum absolute atomic E-state index is 0.0129. The number of rotatable bonds is 5. The van der Waals surface area contributed by atoms with E-state index < -0.39 is 10.0 Å². The zero-order chi connectivity index (χ0) is 18.8. The van der Waals surface area contributed by atoms with Crippen LogP contribution in [0.1, 0.15) is 10.4 Å². The Kier molecular flexibility index (Phi) is 5.82. The fourth-order valence-electron chi connectivity index (χ4n) is 2.03. The van der Waals surface area contributed by atoms with E-state index in [0.717, 1.165) is 0 Å². The molecule has 2 rings (SSSR count). The van der Waals surface area contributed by atoms with E-state index in [-0.39, 0.29) is 26.6 Å². The van der Waals surface area contributed by atoms with Crippen molar-refractivity contribution in [1.29, 1.82) is 0 Å². The highest BCUT2D eigenvalue weighted by Gasteiger charge is 2.22. The van der Waals surface area contributed by atoms with E-state index in [1.807, 2.05) is 0 Å². The van der Waals surface area contributed by atoms with E-state index in [1.54, 1.807) is 14.1 Å². The van der Waals surface area contributed by atoms with Gasteiger partial charge >= 0.3 is 0 Å². The molecule has 0 heterocycles. The van der Waals surface area contributed by atoms with Gasteiger partial charge in [0.15, 0.2) is 0 Å². The number of anilines is 1. The Morgan fingerprint density at radius 2 is 1.64 bits per heavy atom. The monoisotopic (exact) mass is 402 g/mol. The Morgan fingerprint density at radius 3 is 2.16 bits per heavy atom. The predicted octanol–water partition coefficient (Wildman–Crippen LogP) is 3.50. The number of sulfonamides is 1. The molecule has 0 bridgehead atoms. The first kappa shape index (κ1) is 19.4. The zero-order valence-electron chi connectivity index (χ0n) is 13.7. The van der Waals surface area contributed by atoms with E-state index in [4.69, 9.17) is 27.9 Å². The first-order valence-corrected chi connectivity index (χ1v) is 9.28. The van der Waals surface area contributed by atoms with Gasteiger partial charge in [0, 0.05) is 25.3 Å². The van der Waals surface area contributed by atoms with Crippen LogP contribution in [0.15, 0.2) is 41.3 Å². The van der Waals surface area contributed by atoms with Crippen molar-refractivity contribution in [3.05, 3.63) is 52.0 Å². The third-order valence-electron chi connectivity index (χ3n) is 3.31. The standard InChI is InChI=1S/C16H16Cl2N2O4S/c1-20(2)16(21)10-4-6-11(7-5-10)19-25(22,23)13-9-8-12(24-3)14(17)15(13)18/h4-9,19H,1-3H3. The normalized spacial score (nSPS) is 11.1. The highest BCUT2D eigenvalue weighted by atomic mass is 35.5. The molecule has 0 atom stereocenters. The number of benzene rings is 2. The van der Waals surface area contributed by atoms with Crippen molar-refractivity contribution in [2.24, 2.45) is 0 Å². The van der Waals surface area contributed by atoms with Crippen molar-refractivity contribution >= 4 is 44.8 Å². The number of hydrogen-bond donors (Lipinski definition) is 1. The fourth-order valence-corrected chi connectivity index (χ4v) is 3.93. The summed E-state index contributed by atoms with van der Waals surface area (Å²) >= 11 is 12.0. The molecule has 0 unspecified atom stereocenters. The van der Waals surface area contributed by atoms with Crippen molar-refractivity contribution < 1.29 is 17.9 Å². The Hall–Kier alpha value is -1.96. The molecule has 0 aliphatic heterocycles. The fraction of sp³-hybridized carbons (Fsp3) is 0.188. The summed E-state index contributed by atoms with van der Waals surface area (Å²) in [5, 5.41) is -0.119. The first-order chi connectivity index (χ1) is 11.7. The molecule has 0 radical (unpaired) electrons. The van der Waals surface area contributed by atoms with Gasteiger partial charge in [-0.15, -0.1) is 0 Å². The summed E-state index contributed by atoms with van der Waals surface area (Å²) in [5.74, 6) is 0.0940. The Labute approximate surface area is 156 Å². The summed E-state index contributed by atoms with van der Waals surface area (Å²) in [4.78, 5) is 13.1. The van der Waals surface area contributed by atoms with Crippen molar-refractivity contribution in [2.45, 2.75) is 4.90 Å². The Morgan fingerprint density at radius 1 is 1.04 bits per heavy atom. The van der Waals surface area contributed by atoms with Crippen LogP contribution in [0.4, 0.5) is 5.69 Å². The molecule has 6 nitrogen and oxygen atoms in total. The first-order valence-electron chi connectivity index (χ1n) is 7.04. The molecule has 0 saturated heterocycles. The lowest BCUT2D eigenvalue weighted by atomic mass is 10.2. The number of nitrogens with one attached hydrogen (secondary N) is 1. The van der Waals surface area contributed by atoms with Gasteiger partial charge in [-0.05, 0) is 36.4 Å². The van der Waals surface area contributed by atoms with E-state index in [0.29, 0.717) is 11.3 Å². The Bertz CT molecular complexity index is 897. The lowest BCUT2D eigenvalue weighted by molar-refractivity contribution is 0.0827. The summed E-state index contributed by atoms with van der Waals surface area (Å²) < 4.78 is 32.5. The van der Waals surface area contributed by atoms with E-state index >= 15 is 0 Å². The highest BCUT2D eigenvalue weighted by Crippen LogP contribution is 2.37. The van der Waals surface area contributed by atoms with Gasteiger partial charge in [0.1, 0.15) is 15.7 Å². The van der Waals surface area contributed by atoms with Gasteiger partial charge in [0.05, 0.1) is 12.1 Å². The quantitative estimate of drug-likeness (QED) is 0.829. The molecule has 0 aliphatic carbocycles. The minimum atomic E-state index is -3.96. The smallest absolute Gasteiger partial charge is 0.263 e. The van der Waals surface area contributed by atoms with Gasteiger partial charge in [0.2, 0.25) is 0 Å². The van der Waals surface area contributed by atoms with Crippen molar-refractivity contribution in [2.75, 3.05) is 25.9 Å². The second-order valence-corrected chi connectivity index (χ2v) is 7.68. The second-order valence-electron chi connectivity index (χ2n) is 5.28.